The molecule has 12 nitrogen and oxygen atoms in total. The Morgan fingerprint density at radius 2 is 1.86 bits per heavy atom. The monoisotopic (exact) mass is 568 g/mol. The zero-order chi connectivity index (χ0) is 29.5. The number of amides is 4. The zero-order valence-electron chi connectivity index (χ0n) is 22.9. The fourth-order valence-electron chi connectivity index (χ4n) is 5.72. The van der Waals surface area contributed by atoms with Crippen LogP contribution in [-0.4, -0.2) is 64.1 Å². The maximum Gasteiger partial charge on any atom is 0.262 e. The summed E-state index contributed by atoms with van der Waals surface area (Å²) in [5, 5.41) is 25.3. The molecule has 216 valence electrons. The summed E-state index contributed by atoms with van der Waals surface area (Å²) in [6.45, 7) is 0.687. The average molecular weight is 569 g/mol. The van der Waals surface area contributed by atoms with Crippen LogP contribution in [-0.2, 0) is 9.59 Å². The molecular weight excluding hydrogens is 536 g/mol. The van der Waals surface area contributed by atoms with E-state index in [4.69, 9.17) is 16.6 Å². The second kappa shape index (κ2) is 10.8. The number of benzene rings is 1. The lowest BCUT2D eigenvalue weighted by molar-refractivity contribution is -0.136. The van der Waals surface area contributed by atoms with Gasteiger partial charge in [0.1, 0.15) is 6.04 Å². The summed E-state index contributed by atoms with van der Waals surface area (Å²) in [6.07, 6.45) is 8.63. The standard InChI is InChI=1S/C30H32N8O4/c31-11-17-9-24(36-14-23(17)32)22(27(33)16-1-2-16)13-35-19-7-15(8-19)12-34-18-3-4-20-21(10-18)30(42)38(29(20)41)25-5-6-26(39)37-28(25)40/h3-4,9-11,13-16,19,25,31,33-35H,1-2,5-8,12,32H2,(H,37,39,40)/b22-13-,31-11?,33-27?. The van der Waals surface area contributed by atoms with Crippen molar-refractivity contribution in [2.45, 2.75) is 50.6 Å². The normalized spacial score (nSPS) is 23.7. The molecule has 4 amide bonds. The number of piperidine rings is 1. The SMILES string of the molecule is N=Cc1cc(/C(=C/NC2CC(CNc3ccc4c(c3)C(=O)N(C3CCC(=O)NC3=O)C4=O)C2)C(=N)C2CC2)ncc1N. The van der Waals surface area contributed by atoms with Gasteiger partial charge in [-0.3, -0.25) is 34.4 Å². The number of anilines is 2. The molecule has 1 unspecified atom stereocenters. The van der Waals surface area contributed by atoms with Crippen molar-refractivity contribution in [2.75, 3.05) is 17.6 Å². The van der Waals surface area contributed by atoms with Crippen molar-refractivity contribution in [3.05, 3.63) is 59.0 Å². The number of carbonyl (C=O) groups is 4. The molecule has 4 aliphatic rings. The van der Waals surface area contributed by atoms with E-state index in [1.807, 2.05) is 6.20 Å². The molecule has 7 N–H and O–H groups in total. The van der Waals surface area contributed by atoms with Gasteiger partial charge in [-0.2, -0.15) is 0 Å². The lowest BCUT2D eigenvalue weighted by atomic mass is 9.80. The summed E-state index contributed by atoms with van der Waals surface area (Å²) in [7, 11) is 0. The number of aromatic nitrogens is 1. The third kappa shape index (κ3) is 5.15. The van der Waals surface area contributed by atoms with Crippen LogP contribution in [0.25, 0.3) is 5.57 Å². The Bertz CT molecular complexity index is 1560. The van der Waals surface area contributed by atoms with Crippen LogP contribution in [0, 0.1) is 22.7 Å². The number of nitrogens with zero attached hydrogens (tertiary/aromatic N) is 2. The molecule has 2 aromatic rings. The van der Waals surface area contributed by atoms with Crippen LogP contribution in [0.5, 0.6) is 0 Å². The van der Waals surface area contributed by atoms with Gasteiger partial charge in [-0.15, -0.1) is 0 Å². The van der Waals surface area contributed by atoms with Crippen molar-refractivity contribution in [1.82, 2.24) is 20.5 Å². The second-order valence-electron chi connectivity index (χ2n) is 11.4. The van der Waals surface area contributed by atoms with Gasteiger partial charge in [-0.25, -0.2) is 0 Å². The van der Waals surface area contributed by atoms with Gasteiger partial charge >= 0.3 is 0 Å². The van der Waals surface area contributed by atoms with E-state index >= 15 is 0 Å². The van der Waals surface area contributed by atoms with Gasteiger partial charge in [0.05, 0.1) is 28.7 Å². The summed E-state index contributed by atoms with van der Waals surface area (Å²) in [5.41, 5.74) is 10.0. The lowest BCUT2D eigenvalue weighted by Gasteiger charge is -2.36. The van der Waals surface area contributed by atoms with Crippen molar-refractivity contribution >= 4 is 52.5 Å². The van der Waals surface area contributed by atoms with Crippen molar-refractivity contribution < 1.29 is 19.2 Å². The molecule has 0 radical (unpaired) electrons. The predicted molar refractivity (Wildman–Crippen MR) is 156 cm³/mol. The van der Waals surface area contributed by atoms with Gasteiger partial charge < -0.3 is 27.2 Å². The van der Waals surface area contributed by atoms with E-state index < -0.39 is 29.7 Å². The maximum absolute atomic E-state index is 13.1. The fourth-order valence-corrected chi connectivity index (χ4v) is 5.72. The van der Waals surface area contributed by atoms with Crippen LogP contribution in [0.1, 0.15) is 70.5 Å². The van der Waals surface area contributed by atoms with Gasteiger partial charge in [-0.05, 0) is 62.3 Å². The van der Waals surface area contributed by atoms with Gasteiger partial charge in [0.15, 0.2) is 0 Å². The van der Waals surface area contributed by atoms with E-state index in [0.29, 0.717) is 40.8 Å². The van der Waals surface area contributed by atoms with Gasteiger partial charge in [0.2, 0.25) is 11.8 Å². The van der Waals surface area contributed by atoms with E-state index in [-0.39, 0.29) is 35.9 Å². The Kier molecular flexibility index (Phi) is 7.05. The van der Waals surface area contributed by atoms with Crippen molar-refractivity contribution in [3.8, 4) is 0 Å². The number of hydrogen-bond acceptors (Lipinski definition) is 10. The second-order valence-corrected chi connectivity index (χ2v) is 11.4. The van der Waals surface area contributed by atoms with Crippen molar-refractivity contribution in [1.29, 1.82) is 10.8 Å². The molecule has 1 aromatic heterocycles. The first-order valence-corrected chi connectivity index (χ1v) is 14.1. The van der Waals surface area contributed by atoms with E-state index in [9.17, 15) is 19.2 Å². The molecule has 1 aromatic carbocycles. The smallest absolute Gasteiger partial charge is 0.262 e. The molecule has 2 aliphatic carbocycles. The maximum atomic E-state index is 13.1. The highest BCUT2D eigenvalue weighted by atomic mass is 16.2. The predicted octanol–water partition coefficient (Wildman–Crippen LogP) is 2.31. The van der Waals surface area contributed by atoms with Crippen LogP contribution in [0.15, 0.2) is 36.7 Å². The van der Waals surface area contributed by atoms with E-state index in [2.05, 4.69) is 20.9 Å². The number of carbonyl (C=O) groups excluding carboxylic acids is 4. The Hall–Kier alpha value is -4.87. The summed E-state index contributed by atoms with van der Waals surface area (Å²) >= 11 is 0. The first kappa shape index (κ1) is 27.3. The minimum absolute atomic E-state index is 0.0813. The van der Waals surface area contributed by atoms with E-state index in [1.165, 1.54) is 12.4 Å². The van der Waals surface area contributed by atoms with Gasteiger partial charge in [0, 0.05) is 59.9 Å². The number of allylic oxidation sites excluding steroid dienone is 1. The van der Waals surface area contributed by atoms with E-state index in [1.54, 1.807) is 24.3 Å². The molecule has 2 aliphatic heterocycles. The minimum Gasteiger partial charge on any atom is -0.397 e. The van der Waals surface area contributed by atoms with Crippen molar-refractivity contribution in [3.63, 3.8) is 0 Å². The molecule has 0 bridgehead atoms. The van der Waals surface area contributed by atoms with E-state index in [0.717, 1.165) is 36.2 Å². The highest BCUT2D eigenvalue weighted by Gasteiger charge is 2.44. The van der Waals surface area contributed by atoms with Crippen LogP contribution in [0.2, 0.25) is 0 Å². The molecule has 12 heteroatoms. The molecule has 42 heavy (non-hydrogen) atoms. The number of fused-ring (bicyclic) bond motifs is 1. The minimum atomic E-state index is -0.984. The number of hydrogen-bond donors (Lipinski definition) is 6. The van der Waals surface area contributed by atoms with Crippen LogP contribution >= 0.6 is 0 Å². The van der Waals surface area contributed by atoms with Gasteiger partial charge in [0.25, 0.3) is 11.8 Å². The Morgan fingerprint density at radius 3 is 2.57 bits per heavy atom. The van der Waals surface area contributed by atoms with Crippen LogP contribution in [0.4, 0.5) is 11.4 Å². The highest BCUT2D eigenvalue weighted by Crippen LogP contribution is 2.36. The number of nitrogens with one attached hydrogen (secondary N) is 5. The van der Waals surface area contributed by atoms with Crippen LogP contribution < -0.4 is 21.7 Å². The largest absolute Gasteiger partial charge is 0.397 e. The van der Waals surface area contributed by atoms with Crippen LogP contribution in [0.3, 0.4) is 0 Å². The Morgan fingerprint density at radius 1 is 1.10 bits per heavy atom. The summed E-state index contributed by atoms with van der Waals surface area (Å²) < 4.78 is 0. The highest BCUT2D eigenvalue weighted by molar-refractivity contribution is 6.24. The first-order chi connectivity index (χ1) is 20.2. The number of nitrogen functional groups attached to an aromatic ring is 1. The average Bonchev–Trinajstić information content (AvgIpc) is 3.77. The molecule has 3 fully saturated rings. The van der Waals surface area contributed by atoms with Crippen molar-refractivity contribution in [2.24, 2.45) is 11.8 Å². The molecule has 3 heterocycles. The zero-order valence-corrected chi connectivity index (χ0v) is 22.9. The molecular formula is C30H32N8O4. The fraction of sp³-hybridized carbons (Fsp3) is 0.367. The third-order valence-corrected chi connectivity index (χ3v) is 8.41. The molecule has 6 rings (SSSR count). The Balaban J connectivity index is 1.05. The molecule has 1 atom stereocenters. The molecule has 1 saturated heterocycles. The summed E-state index contributed by atoms with van der Waals surface area (Å²) in [4.78, 5) is 55.1. The summed E-state index contributed by atoms with van der Waals surface area (Å²) in [5.74, 6) is -1.44. The van der Waals surface area contributed by atoms with Gasteiger partial charge in [-0.1, -0.05) is 0 Å². The number of rotatable bonds is 10. The lowest BCUT2D eigenvalue weighted by Crippen LogP contribution is -2.54. The third-order valence-electron chi connectivity index (χ3n) is 8.41. The number of pyridine rings is 1. The number of imide groups is 2. The Labute approximate surface area is 242 Å². The molecule has 0 spiro atoms. The quantitative estimate of drug-likeness (QED) is 0.186. The summed E-state index contributed by atoms with van der Waals surface area (Å²) in [6, 6.07) is 6.02. The number of nitrogens with two attached hydrogens (primary N) is 1. The first-order valence-electron chi connectivity index (χ1n) is 14.1. The topological polar surface area (TPSA) is 194 Å². The molecule has 2 saturated carbocycles.